The monoisotopic (exact) mass is 516 g/mol. The Morgan fingerprint density at radius 2 is 2.03 bits per heavy atom. The largest absolute Gasteiger partial charge is 0.493 e. The summed E-state index contributed by atoms with van der Waals surface area (Å²) in [6.07, 6.45) is -3.75. The highest BCUT2D eigenvalue weighted by atomic mass is 19.4. The van der Waals surface area contributed by atoms with Crippen LogP contribution in [0.5, 0.6) is 11.5 Å². The molecule has 2 aliphatic rings. The molecule has 1 aromatic heterocycles. The average molecular weight is 517 g/mol. The highest BCUT2D eigenvalue weighted by Crippen LogP contribution is 2.38. The SMILES string of the molecule is COc1cc2c(cc1OC1CCOC1)c(=N[C@H](C)c1cccc(C(F)(F)F)c1C)nc1n2C(C)(C)CN1. The lowest BCUT2D eigenvalue weighted by Crippen LogP contribution is -2.27. The highest BCUT2D eigenvalue weighted by Gasteiger charge is 2.34. The Morgan fingerprint density at radius 3 is 2.70 bits per heavy atom. The third-order valence-electron chi connectivity index (χ3n) is 7.10. The molecule has 5 rings (SSSR count). The second-order valence-corrected chi connectivity index (χ2v) is 10.2. The predicted molar refractivity (Wildman–Crippen MR) is 134 cm³/mol. The molecule has 1 N–H and O–H groups in total. The number of methoxy groups -OCH3 is 1. The Kier molecular flexibility index (Phi) is 6.34. The lowest BCUT2D eigenvalue weighted by molar-refractivity contribution is -0.138. The molecular weight excluding hydrogens is 485 g/mol. The molecule has 0 aliphatic carbocycles. The fraction of sp³-hybridized carbons (Fsp3) is 0.481. The van der Waals surface area contributed by atoms with Gasteiger partial charge >= 0.3 is 6.18 Å². The number of halogens is 3. The molecule has 10 heteroatoms. The molecule has 1 fully saturated rings. The number of hydrogen-bond donors (Lipinski definition) is 1. The summed E-state index contributed by atoms with van der Waals surface area (Å²) in [6, 6.07) is 7.42. The zero-order valence-corrected chi connectivity index (χ0v) is 21.6. The normalized spacial score (nSPS) is 20.1. The van der Waals surface area contributed by atoms with Crippen LogP contribution in [-0.2, 0) is 16.5 Å². The van der Waals surface area contributed by atoms with Crippen molar-refractivity contribution in [3.8, 4) is 11.5 Å². The Balaban J connectivity index is 1.71. The van der Waals surface area contributed by atoms with E-state index in [4.69, 9.17) is 24.2 Å². The molecule has 0 radical (unpaired) electrons. The van der Waals surface area contributed by atoms with Crippen molar-refractivity contribution in [1.29, 1.82) is 0 Å². The number of benzene rings is 2. The molecule has 0 bridgehead atoms. The summed E-state index contributed by atoms with van der Waals surface area (Å²) in [4.78, 5) is 9.66. The summed E-state index contributed by atoms with van der Waals surface area (Å²) in [6.45, 7) is 9.29. The van der Waals surface area contributed by atoms with Gasteiger partial charge in [0.15, 0.2) is 17.0 Å². The first kappa shape index (κ1) is 25.4. The Labute approximate surface area is 213 Å². The quantitative estimate of drug-likeness (QED) is 0.494. The first-order valence-electron chi connectivity index (χ1n) is 12.3. The summed E-state index contributed by atoms with van der Waals surface area (Å²) in [5, 5.41) is 4.07. The van der Waals surface area contributed by atoms with Crippen LogP contribution in [0.15, 0.2) is 35.3 Å². The van der Waals surface area contributed by atoms with E-state index in [0.29, 0.717) is 48.3 Å². The van der Waals surface area contributed by atoms with E-state index in [2.05, 4.69) is 23.7 Å². The van der Waals surface area contributed by atoms with Crippen molar-refractivity contribution >= 4 is 16.9 Å². The Bertz CT molecular complexity index is 1410. The van der Waals surface area contributed by atoms with E-state index in [-0.39, 0.29) is 17.2 Å². The van der Waals surface area contributed by atoms with Gasteiger partial charge in [0.25, 0.3) is 0 Å². The number of nitrogens with one attached hydrogen (secondary N) is 1. The molecule has 2 aromatic carbocycles. The van der Waals surface area contributed by atoms with Gasteiger partial charge in [-0.15, -0.1) is 0 Å². The number of hydrogen-bond acceptors (Lipinski definition) is 6. The van der Waals surface area contributed by atoms with Crippen LogP contribution in [0.4, 0.5) is 19.1 Å². The minimum absolute atomic E-state index is 0.0911. The summed E-state index contributed by atoms with van der Waals surface area (Å²) < 4.78 is 60.1. The maximum atomic E-state index is 13.5. The van der Waals surface area contributed by atoms with Crippen LogP contribution < -0.4 is 20.3 Å². The zero-order chi connectivity index (χ0) is 26.5. The molecule has 3 heterocycles. The fourth-order valence-electron chi connectivity index (χ4n) is 5.15. The van der Waals surface area contributed by atoms with E-state index >= 15 is 0 Å². The van der Waals surface area contributed by atoms with Crippen LogP contribution in [-0.4, -0.2) is 42.5 Å². The average Bonchev–Trinajstić information content (AvgIpc) is 3.45. The lowest BCUT2D eigenvalue weighted by atomic mass is 9.97. The summed E-state index contributed by atoms with van der Waals surface area (Å²) in [7, 11) is 1.60. The van der Waals surface area contributed by atoms with Gasteiger partial charge in [0, 0.05) is 24.4 Å². The van der Waals surface area contributed by atoms with E-state index < -0.39 is 17.8 Å². The van der Waals surface area contributed by atoms with Gasteiger partial charge in [-0.3, -0.25) is 4.99 Å². The molecule has 2 aliphatic heterocycles. The number of fused-ring (bicyclic) bond motifs is 3. The van der Waals surface area contributed by atoms with Gasteiger partial charge in [-0.2, -0.15) is 18.2 Å². The topological polar surface area (TPSA) is 69.9 Å². The molecule has 37 heavy (non-hydrogen) atoms. The van der Waals surface area contributed by atoms with Crippen molar-refractivity contribution in [1.82, 2.24) is 9.55 Å². The van der Waals surface area contributed by atoms with Crippen molar-refractivity contribution in [2.24, 2.45) is 4.99 Å². The minimum Gasteiger partial charge on any atom is -0.493 e. The van der Waals surface area contributed by atoms with Crippen molar-refractivity contribution in [3.63, 3.8) is 0 Å². The molecule has 3 aromatic rings. The fourth-order valence-corrected chi connectivity index (χ4v) is 5.15. The molecule has 1 saturated heterocycles. The smallest absolute Gasteiger partial charge is 0.416 e. The number of ether oxygens (including phenoxy) is 3. The van der Waals surface area contributed by atoms with Gasteiger partial charge in [0.05, 0.1) is 43.0 Å². The summed E-state index contributed by atoms with van der Waals surface area (Å²) in [5.41, 5.74) is 1.01. The van der Waals surface area contributed by atoms with Crippen molar-refractivity contribution in [2.45, 2.75) is 58.0 Å². The maximum Gasteiger partial charge on any atom is 0.416 e. The number of alkyl halides is 3. The van der Waals surface area contributed by atoms with Crippen LogP contribution in [0.25, 0.3) is 10.9 Å². The van der Waals surface area contributed by atoms with Gasteiger partial charge < -0.3 is 24.1 Å². The molecule has 198 valence electrons. The Hall–Kier alpha value is -3.27. The van der Waals surface area contributed by atoms with Crippen molar-refractivity contribution < 1.29 is 27.4 Å². The van der Waals surface area contributed by atoms with Crippen LogP contribution in [0.1, 0.15) is 49.9 Å². The second-order valence-electron chi connectivity index (χ2n) is 10.2. The van der Waals surface area contributed by atoms with Crippen LogP contribution in [0, 0.1) is 6.92 Å². The van der Waals surface area contributed by atoms with E-state index in [1.807, 2.05) is 12.1 Å². The summed E-state index contributed by atoms with van der Waals surface area (Å²) >= 11 is 0. The molecule has 7 nitrogen and oxygen atoms in total. The third-order valence-corrected chi connectivity index (χ3v) is 7.10. The van der Waals surface area contributed by atoms with Gasteiger partial charge in [-0.25, -0.2) is 0 Å². The standard InChI is InChI=1S/C27H31F3N4O3/c1-15-18(7-6-8-20(15)27(28,29)30)16(2)32-24-19-11-23(37-17-9-10-36-13-17)22(35-5)12-21(19)34-25(33-24)31-14-26(34,3)4/h6-8,11-12,16-17H,9-10,13-14H2,1-5H3,(H,31,32,33)/t16-,17?/m1/s1. The molecule has 0 spiro atoms. The van der Waals surface area contributed by atoms with Crippen molar-refractivity contribution in [3.05, 3.63) is 52.5 Å². The lowest BCUT2D eigenvalue weighted by Gasteiger charge is -2.24. The van der Waals surface area contributed by atoms with Crippen LogP contribution in [0.3, 0.4) is 0 Å². The number of rotatable bonds is 5. The van der Waals surface area contributed by atoms with Crippen LogP contribution >= 0.6 is 0 Å². The van der Waals surface area contributed by atoms with E-state index in [1.165, 1.54) is 13.0 Å². The van der Waals surface area contributed by atoms with Crippen molar-refractivity contribution in [2.75, 3.05) is 32.2 Å². The third kappa shape index (κ3) is 4.63. The molecule has 2 atom stereocenters. The van der Waals surface area contributed by atoms with Gasteiger partial charge in [-0.05, 0) is 51.0 Å². The number of anilines is 1. The Morgan fingerprint density at radius 1 is 1.24 bits per heavy atom. The van der Waals surface area contributed by atoms with Crippen LogP contribution in [0.2, 0.25) is 0 Å². The molecular formula is C27H31F3N4O3. The first-order chi connectivity index (χ1) is 17.5. The molecule has 0 amide bonds. The maximum absolute atomic E-state index is 13.5. The van der Waals surface area contributed by atoms with E-state index in [9.17, 15) is 13.2 Å². The molecule has 1 unspecified atom stereocenters. The minimum atomic E-state index is -4.43. The second kappa shape index (κ2) is 9.24. The van der Waals surface area contributed by atoms with E-state index in [1.54, 1.807) is 20.1 Å². The first-order valence-corrected chi connectivity index (χ1v) is 12.3. The zero-order valence-electron chi connectivity index (χ0n) is 21.6. The van der Waals surface area contributed by atoms with E-state index in [0.717, 1.165) is 23.4 Å². The number of nitrogens with zero attached hydrogens (tertiary/aromatic N) is 3. The highest BCUT2D eigenvalue weighted by molar-refractivity contribution is 5.84. The van der Waals surface area contributed by atoms with Gasteiger partial charge in [0.2, 0.25) is 5.95 Å². The number of aromatic nitrogens is 2. The predicted octanol–water partition coefficient (Wildman–Crippen LogP) is 5.36. The van der Waals surface area contributed by atoms with Gasteiger partial charge in [0.1, 0.15) is 6.10 Å². The molecule has 0 saturated carbocycles. The van der Waals surface area contributed by atoms with Gasteiger partial charge in [-0.1, -0.05) is 12.1 Å². The summed E-state index contributed by atoms with van der Waals surface area (Å²) in [5.74, 6) is 1.77.